The zero-order valence-electron chi connectivity index (χ0n) is 19.5. The fraction of sp³-hybridized carbons (Fsp3) is 0.542. The highest BCUT2D eigenvalue weighted by Crippen LogP contribution is 2.36. The number of hydrogen-bond acceptors (Lipinski definition) is 6. The Balaban J connectivity index is 1.56. The summed E-state index contributed by atoms with van der Waals surface area (Å²) in [5.41, 5.74) is 3.27. The first-order valence-electron chi connectivity index (χ1n) is 11.7. The van der Waals surface area contributed by atoms with Crippen LogP contribution in [-0.2, 0) is 16.5 Å². The zero-order valence-corrected chi connectivity index (χ0v) is 19.5. The van der Waals surface area contributed by atoms with Crippen molar-refractivity contribution in [2.75, 3.05) is 39.5 Å². The summed E-state index contributed by atoms with van der Waals surface area (Å²) in [5.74, 6) is 0.608. The molecule has 2 saturated heterocycles. The lowest BCUT2D eigenvalue weighted by Gasteiger charge is -2.27. The average molecular weight is 454 g/mol. The average Bonchev–Trinajstić information content (AvgIpc) is 3.43. The van der Waals surface area contributed by atoms with E-state index in [4.69, 9.17) is 19.3 Å². The summed E-state index contributed by atoms with van der Waals surface area (Å²) in [4.78, 5) is 19.8. The highest BCUT2D eigenvalue weighted by atomic mass is 16.5. The second-order valence-electron chi connectivity index (χ2n) is 8.93. The van der Waals surface area contributed by atoms with E-state index in [1.165, 1.54) is 0 Å². The van der Waals surface area contributed by atoms with Gasteiger partial charge in [-0.3, -0.25) is 9.48 Å². The van der Waals surface area contributed by atoms with E-state index >= 15 is 0 Å². The summed E-state index contributed by atoms with van der Waals surface area (Å²) in [5, 5.41) is 5.69. The van der Waals surface area contributed by atoms with Gasteiger partial charge in [-0.1, -0.05) is 0 Å². The number of ether oxygens (including phenoxy) is 3. The van der Waals surface area contributed by atoms with E-state index < -0.39 is 0 Å². The molecule has 9 nitrogen and oxygen atoms in total. The van der Waals surface area contributed by atoms with Crippen molar-refractivity contribution in [2.24, 2.45) is 7.05 Å². The number of aryl methyl sites for hydroxylation is 1. The Labute approximate surface area is 193 Å². The van der Waals surface area contributed by atoms with Crippen LogP contribution in [-0.4, -0.2) is 75.8 Å². The van der Waals surface area contributed by atoms with E-state index in [0.29, 0.717) is 51.1 Å². The van der Waals surface area contributed by atoms with Gasteiger partial charge in [0, 0.05) is 57.0 Å². The lowest BCUT2D eigenvalue weighted by atomic mass is 10.1. The van der Waals surface area contributed by atoms with Crippen molar-refractivity contribution in [1.29, 1.82) is 0 Å². The predicted octanol–water partition coefficient (Wildman–Crippen LogP) is 3.05. The van der Waals surface area contributed by atoms with Gasteiger partial charge >= 0.3 is 0 Å². The Morgan fingerprint density at radius 1 is 1.15 bits per heavy atom. The maximum atomic E-state index is 13.3. The molecule has 2 aliphatic rings. The third kappa shape index (κ3) is 4.22. The molecule has 0 N–H and O–H groups in total. The largest absolute Gasteiger partial charge is 0.474 e. The van der Waals surface area contributed by atoms with Crippen LogP contribution >= 0.6 is 0 Å². The van der Waals surface area contributed by atoms with Gasteiger partial charge in [0.15, 0.2) is 0 Å². The molecule has 0 unspecified atom stereocenters. The van der Waals surface area contributed by atoms with Crippen molar-refractivity contribution in [3.05, 3.63) is 30.2 Å². The number of hydrogen-bond donors (Lipinski definition) is 0. The van der Waals surface area contributed by atoms with Gasteiger partial charge in [-0.05, 0) is 26.0 Å². The SMILES string of the molecule is CC(C)n1cc(-c2nn(C)c3ccnc(OC4CCOCC4)c23)cc1C(=O)N1CCOCC1. The lowest BCUT2D eigenvalue weighted by molar-refractivity contribution is 0.0244. The molecular weight excluding hydrogens is 422 g/mol. The summed E-state index contributed by atoms with van der Waals surface area (Å²) in [6.45, 7) is 7.92. The van der Waals surface area contributed by atoms with Crippen LogP contribution in [0, 0.1) is 0 Å². The van der Waals surface area contributed by atoms with Crippen LogP contribution in [0.3, 0.4) is 0 Å². The first-order valence-corrected chi connectivity index (χ1v) is 11.7. The molecule has 3 aromatic rings. The summed E-state index contributed by atoms with van der Waals surface area (Å²) in [7, 11) is 1.92. The molecule has 0 radical (unpaired) electrons. The molecule has 176 valence electrons. The van der Waals surface area contributed by atoms with E-state index in [2.05, 4.69) is 18.8 Å². The molecule has 9 heteroatoms. The van der Waals surface area contributed by atoms with Crippen molar-refractivity contribution in [2.45, 2.75) is 38.8 Å². The van der Waals surface area contributed by atoms with Gasteiger partial charge < -0.3 is 23.7 Å². The first-order chi connectivity index (χ1) is 16.0. The molecule has 0 atom stereocenters. The number of nitrogens with zero attached hydrogens (tertiary/aromatic N) is 5. The van der Waals surface area contributed by atoms with E-state index in [9.17, 15) is 4.79 Å². The highest BCUT2D eigenvalue weighted by molar-refractivity contribution is 5.99. The fourth-order valence-electron chi connectivity index (χ4n) is 4.56. The molecule has 5 rings (SSSR count). The Bertz CT molecular complexity index is 1140. The number of morpholine rings is 1. The molecule has 0 spiro atoms. The maximum absolute atomic E-state index is 13.3. The molecule has 0 bridgehead atoms. The van der Waals surface area contributed by atoms with Crippen LogP contribution in [0.5, 0.6) is 5.88 Å². The van der Waals surface area contributed by atoms with Crippen LogP contribution in [0.15, 0.2) is 24.5 Å². The third-order valence-corrected chi connectivity index (χ3v) is 6.37. The van der Waals surface area contributed by atoms with E-state index in [0.717, 1.165) is 35.0 Å². The number of fused-ring (bicyclic) bond motifs is 1. The van der Waals surface area contributed by atoms with Crippen molar-refractivity contribution in [3.63, 3.8) is 0 Å². The second kappa shape index (κ2) is 9.15. The second-order valence-corrected chi connectivity index (χ2v) is 8.93. The lowest BCUT2D eigenvalue weighted by Crippen LogP contribution is -2.41. The molecular formula is C24H31N5O4. The Morgan fingerprint density at radius 2 is 1.88 bits per heavy atom. The normalized spacial score (nSPS) is 17.8. The van der Waals surface area contributed by atoms with Crippen LogP contribution in [0.4, 0.5) is 0 Å². The number of carbonyl (C=O) groups is 1. The minimum atomic E-state index is 0.0234. The summed E-state index contributed by atoms with van der Waals surface area (Å²) >= 11 is 0. The minimum Gasteiger partial charge on any atom is -0.474 e. The highest BCUT2D eigenvalue weighted by Gasteiger charge is 2.26. The third-order valence-electron chi connectivity index (χ3n) is 6.37. The van der Waals surface area contributed by atoms with Crippen LogP contribution < -0.4 is 4.74 Å². The number of aromatic nitrogens is 4. The summed E-state index contributed by atoms with van der Waals surface area (Å²) < 4.78 is 21.1. The quantitative estimate of drug-likeness (QED) is 0.591. The molecule has 0 aromatic carbocycles. The molecule has 2 aliphatic heterocycles. The topological polar surface area (TPSA) is 83.6 Å². The molecule has 0 saturated carbocycles. The van der Waals surface area contributed by atoms with Gasteiger partial charge in [0.25, 0.3) is 5.91 Å². The molecule has 33 heavy (non-hydrogen) atoms. The van der Waals surface area contributed by atoms with Gasteiger partial charge in [0.1, 0.15) is 17.5 Å². The summed E-state index contributed by atoms with van der Waals surface area (Å²) in [6, 6.07) is 4.02. The molecule has 3 aromatic heterocycles. The van der Waals surface area contributed by atoms with Crippen molar-refractivity contribution < 1.29 is 19.0 Å². The molecule has 2 fully saturated rings. The van der Waals surface area contributed by atoms with Gasteiger partial charge in [0.05, 0.1) is 37.3 Å². The minimum absolute atomic E-state index is 0.0234. The van der Waals surface area contributed by atoms with Crippen LogP contribution in [0.1, 0.15) is 43.2 Å². The number of amides is 1. The Morgan fingerprint density at radius 3 is 2.61 bits per heavy atom. The number of rotatable bonds is 5. The smallest absolute Gasteiger partial charge is 0.270 e. The van der Waals surface area contributed by atoms with Gasteiger partial charge in [0.2, 0.25) is 5.88 Å². The Hall–Kier alpha value is -2.91. The van der Waals surface area contributed by atoms with Crippen molar-refractivity contribution >= 4 is 16.8 Å². The molecule has 0 aliphatic carbocycles. The van der Waals surface area contributed by atoms with E-state index in [1.807, 2.05) is 39.5 Å². The first kappa shape index (κ1) is 21.9. The Kier molecular flexibility index (Phi) is 6.07. The predicted molar refractivity (Wildman–Crippen MR) is 124 cm³/mol. The van der Waals surface area contributed by atoms with Crippen molar-refractivity contribution in [1.82, 2.24) is 24.2 Å². The monoisotopic (exact) mass is 453 g/mol. The maximum Gasteiger partial charge on any atom is 0.270 e. The number of carbonyl (C=O) groups excluding carboxylic acids is 1. The van der Waals surface area contributed by atoms with E-state index in [-0.39, 0.29) is 18.1 Å². The van der Waals surface area contributed by atoms with Gasteiger partial charge in [-0.25, -0.2) is 4.98 Å². The summed E-state index contributed by atoms with van der Waals surface area (Å²) in [6.07, 6.45) is 5.54. The zero-order chi connectivity index (χ0) is 22.9. The van der Waals surface area contributed by atoms with Gasteiger partial charge in [-0.2, -0.15) is 5.10 Å². The fourth-order valence-corrected chi connectivity index (χ4v) is 4.56. The van der Waals surface area contributed by atoms with Gasteiger partial charge in [-0.15, -0.1) is 0 Å². The van der Waals surface area contributed by atoms with Crippen LogP contribution in [0.2, 0.25) is 0 Å². The van der Waals surface area contributed by atoms with Crippen LogP contribution in [0.25, 0.3) is 22.2 Å². The van der Waals surface area contributed by atoms with E-state index in [1.54, 1.807) is 6.20 Å². The number of pyridine rings is 1. The van der Waals surface area contributed by atoms with Crippen molar-refractivity contribution in [3.8, 4) is 17.1 Å². The molecule has 1 amide bonds. The standard InChI is InChI=1S/C24H31N5O4/c1-16(2)29-15-17(14-20(29)24(30)28-8-12-32-13-9-28)22-21-19(27(3)26-22)4-7-25-23(21)33-18-5-10-31-11-6-18/h4,7,14-16,18H,5-6,8-13H2,1-3H3. The molecule has 5 heterocycles.